The van der Waals surface area contributed by atoms with Gasteiger partial charge < -0.3 is 9.47 Å². The molecule has 0 radical (unpaired) electrons. The molecule has 0 amide bonds. The van der Waals surface area contributed by atoms with Crippen LogP contribution in [0.25, 0.3) is 6.08 Å². The molecule has 0 aliphatic rings. The molecule has 0 atom stereocenters. The minimum Gasteiger partial charge on any atom is -0.493 e. The highest BCUT2D eigenvalue weighted by Gasteiger charge is 2.06. The maximum Gasteiger partial charge on any atom is 0.161 e. The van der Waals surface area contributed by atoms with Gasteiger partial charge in [-0.1, -0.05) is 13.0 Å². The van der Waals surface area contributed by atoms with E-state index >= 15 is 0 Å². The third-order valence-corrected chi connectivity index (χ3v) is 2.46. The Morgan fingerprint density at radius 1 is 1.33 bits per heavy atom. The second kappa shape index (κ2) is 6.84. The first-order valence-corrected chi connectivity index (χ1v) is 6.11. The summed E-state index contributed by atoms with van der Waals surface area (Å²) in [5.74, 6) is 1.40. The molecule has 0 saturated heterocycles. The van der Waals surface area contributed by atoms with Gasteiger partial charge in [-0.05, 0) is 49.6 Å². The number of benzene rings is 1. The Labute approximate surface area is 108 Å². The second-order valence-electron chi connectivity index (χ2n) is 4.27. The Kier molecular flexibility index (Phi) is 5.43. The number of hydrogen-bond acceptors (Lipinski definition) is 3. The third kappa shape index (κ3) is 3.91. The van der Waals surface area contributed by atoms with Crippen molar-refractivity contribution in [1.82, 2.24) is 0 Å². The van der Waals surface area contributed by atoms with Crippen molar-refractivity contribution in [2.24, 2.45) is 0 Å². The van der Waals surface area contributed by atoms with Crippen LogP contribution in [-0.4, -0.2) is 19.5 Å². The number of aldehydes is 1. The molecule has 1 aromatic carbocycles. The largest absolute Gasteiger partial charge is 0.493 e. The van der Waals surface area contributed by atoms with Crippen LogP contribution in [0.3, 0.4) is 0 Å². The molecule has 0 unspecified atom stereocenters. The zero-order chi connectivity index (χ0) is 13.5. The van der Waals surface area contributed by atoms with Crippen molar-refractivity contribution >= 4 is 12.4 Å². The molecule has 98 valence electrons. The van der Waals surface area contributed by atoms with Gasteiger partial charge in [-0.25, -0.2) is 0 Å². The van der Waals surface area contributed by atoms with Crippen LogP contribution in [0.1, 0.15) is 32.8 Å². The number of methoxy groups -OCH3 is 1. The van der Waals surface area contributed by atoms with Crippen LogP contribution < -0.4 is 9.47 Å². The van der Waals surface area contributed by atoms with Crippen molar-refractivity contribution in [1.29, 1.82) is 0 Å². The fourth-order valence-electron chi connectivity index (χ4n) is 1.56. The van der Waals surface area contributed by atoms with Crippen LogP contribution in [0.2, 0.25) is 0 Å². The maximum atomic E-state index is 10.8. The maximum absolute atomic E-state index is 10.8. The summed E-state index contributed by atoms with van der Waals surface area (Å²) in [6.45, 7) is 5.89. The second-order valence-corrected chi connectivity index (χ2v) is 4.27. The highest BCUT2D eigenvalue weighted by Crippen LogP contribution is 2.29. The topological polar surface area (TPSA) is 35.5 Å². The Morgan fingerprint density at radius 3 is 2.56 bits per heavy atom. The minimum absolute atomic E-state index is 0.0986. The summed E-state index contributed by atoms with van der Waals surface area (Å²) in [5.41, 5.74) is 1.70. The molecule has 1 rings (SSSR count). The zero-order valence-corrected chi connectivity index (χ0v) is 11.4. The van der Waals surface area contributed by atoms with Gasteiger partial charge in [-0.3, -0.25) is 4.79 Å². The molecule has 0 aliphatic carbocycles. The molecule has 0 saturated carbocycles. The van der Waals surface area contributed by atoms with Gasteiger partial charge in [0.05, 0.1) is 13.2 Å². The Bertz CT molecular complexity index is 433. The summed E-state index contributed by atoms with van der Waals surface area (Å²) < 4.78 is 10.9. The standard InChI is InChI=1S/C15H20O3/c1-5-12(10-16)8-13-6-7-14(18-11(2)3)15(9-13)17-4/h6-11H,5H2,1-4H3. The van der Waals surface area contributed by atoms with Gasteiger partial charge in [0.2, 0.25) is 0 Å². The molecule has 3 nitrogen and oxygen atoms in total. The Morgan fingerprint density at radius 2 is 2.06 bits per heavy atom. The average molecular weight is 248 g/mol. The molecular weight excluding hydrogens is 228 g/mol. The molecule has 18 heavy (non-hydrogen) atoms. The zero-order valence-electron chi connectivity index (χ0n) is 11.4. The molecule has 0 aliphatic heterocycles. The van der Waals surface area contributed by atoms with Crippen LogP contribution in [-0.2, 0) is 4.79 Å². The van der Waals surface area contributed by atoms with Crippen molar-refractivity contribution in [2.45, 2.75) is 33.3 Å². The summed E-state index contributed by atoms with van der Waals surface area (Å²) >= 11 is 0. The van der Waals surface area contributed by atoms with Crippen molar-refractivity contribution in [3.05, 3.63) is 29.3 Å². The molecular formula is C15H20O3. The quantitative estimate of drug-likeness (QED) is 0.571. The summed E-state index contributed by atoms with van der Waals surface area (Å²) in [5, 5.41) is 0. The van der Waals surface area contributed by atoms with Gasteiger partial charge in [0.1, 0.15) is 6.29 Å². The smallest absolute Gasteiger partial charge is 0.161 e. The normalized spacial score (nSPS) is 11.5. The first-order valence-electron chi connectivity index (χ1n) is 6.11. The molecule has 0 fully saturated rings. The first-order chi connectivity index (χ1) is 8.60. The predicted octanol–water partition coefficient (Wildman–Crippen LogP) is 3.47. The van der Waals surface area contributed by atoms with Crippen LogP contribution in [0.15, 0.2) is 23.8 Å². The van der Waals surface area contributed by atoms with Crippen LogP contribution in [0.5, 0.6) is 11.5 Å². The number of carbonyl (C=O) groups excluding carboxylic acids is 1. The number of rotatable bonds is 6. The molecule has 3 heteroatoms. The van der Waals surface area contributed by atoms with Crippen molar-refractivity contribution in [3.8, 4) is 11.5 Å². The lowest BCUT2D eigenvalue weighted by molar-refractivity contribution is -0.104. The monoisotopic (exact) mass is 248 g/mol. The lowest BCUT2D eigenvalue weighted by Gasteiger charge is -2.13. The molecule has 0 N–H and O–H groups in total. The van der Waals surface area contributed by atoms with Crippen molar-refractivity contribution in [2.75, 3.05) is 7.11 Å². The van der Waals surface area contributed by atoms with E-state index in [1.807, 2.05) is 45.0 Å². The van der Waals surface area contributed by atoms with E-state index in [0.29, 0.717) is 11.5 Å². The van der Waals surface area contributed by atoms with E-state index in [1.54, 1.807) is 7.11 Å². The van der Waals surface area contributed by atoms with E-state index in [1.165, 1.54) is 0 Å². The van der Waals surface area contributed by atoms with Crippen LogP contribution >= 0.6 is 0 Å². The van der Waals surface area contributed by atoms with Gasteiger partial charge in [0, 0.05) is 0 Å². The molecule has 0 aromatic heterocycles. The van der Waals surface area contributed by atoms with Crippen LogP contribution in [0.4, 0.5) is 0 Å². The van der Waals surface area contributed by atoms with Crippen molar-refractivity contribution < 1.29 is 14.3 Å². The fraction of sp³-hybridized carbons (Fsp3) is 0.400. The average Bonchev–Trinajstić information content (AvgIpc) is 2.36. The van der Waals surface area contributed by atoms with Gasteiger partial charge in [0.25, 0.3) is 0 Å². The van der Waals surface area contributed by atoms with E-state index in [4.69, 9.17) is 9.47 Å². The Hall–Kier alpha value is -1.77. The predicted molar refractivity (Wildman–Crippen MR) is 73.1 cm³/mol. The van der Waals surface area contributed by atoms with Gasteiger partial charge >= 0.3 is 0 Å². The van der Waals surface area contributed by atoms with E-state index in [0.717, 1.165) is 23.8 Å². The van der Waals surface area contributed by atoms with Gasteiger partial charge in [-0.2, -0.15) is 0 Å². The molecule has 0 spiro atoms. The highest BCUT2D eigenvalue weighted by molar-refractivity contribution is 5.81. The van der Waals surface area contributed by atoms with E-state index in [-0.39, 0.29) is 6.10 Å². The van der Waals surface area contributed by atoms with E-state index < -0.39 is 0 Å². The summed E-state index contributed by atoms with van der Waals surface area (Å²) in [6.07, 6.45) is 3.55. The summed E-state index contributed by atoms with van der Waals surface area (Å²) in [6, 6.07) is 5.65. The van der Waals surface area contributed by atoms with Crippen molar-refractivity contribution in [3.63, 3.8) is 0 Å². The summed E-state index contributed by atoms with van der Waals surface area (Å²) in [4.78, 5) is 10.8. The SMILES string of the molecule is CCC(C=O)=Cc1ccc(OC(C)C)c(OC)c1. The lowest BCUT2D eigenvalue weighted by Crippen LogP contribution is -2.06. The molecule has 0 bridgehead atoms. The summed E-state index contributed by atoms with van der Waals surface area (Å²) in [7, 11) is 1.61. The van der Waals surface area contributed by atoms with E-state index in [9.17, 15) is 4.79 Å². The Balaban J connectivity index is 3.05. The highest BCUT2D eigenvalue weighted by atomic mass is 16.5. The van der Waals surface area contributed by atoms with Gasteiger partial charge in [-0.15, -0.1) is 0 Å². The lowest BCUT2D eigenvalue weighted by atomic mass is 10.1. The number of ether oxygens (including phenoxy) is 2. The molecule has 0 heterocycles. The number of hydrogen-bond donors (Lipinski definition) is 0. The third-order valence-electron chi connectivity index (χ3n) is 2.46. The van der Waals surface area contributed by atoms with Crippen LogP contribution in [0, 0.1) is 0 Å². The minimum atomic E-state index is 0.0986. The van der Waals surface area contributed by atoms with E-state index in [2.05, 4.69) is 0 Å². The number of allylic oxidation sites excluding steroid dienone is 1. The fourth-order valence-corrected chi connectivity index (χ4v) is 1.56. The van der Waals surface area contributed by atoms with Gasteiger partial charge in [0.15, 0.2) is 11.5 Å². The molecule has 1 aromatic rings. The first kappa shape index (κ1) is 14.3. The number of carbonyl (C=O) groups is 1.